The number of hydrogen-bond donors (Lipinski definition) is 0. The molecule has 1 saturated heterocycles. The molecule has 2 aliphatic heterocycles. The summed E-state index contributed by atoms with van der Waals surface area (Å²) in [6.45, 7) is 0.225. The number of fused-ring (bicyclic) bond motifs is 2. The lowest BCUT2D eigenvalue weighted by Gasteiger charge is -2.19. The number of hydrogen-bond acceptors (Lipinski definition) is 6. The van der Waals surface area contributed by atoms with E-state index in [9.17, 15) is 14.4 Å². The van der Waals surface area contributed by atoms with Crippen LogP contribution in [0.15, 0.2) is 18.2 Å². The molecule has 0 radical (unpaired) electrons. The average Bonchev–Trinajstić information content (AvgIpc) is 3.17. The maximum atomic E-state index is 12.4. The molecular weight excluding hydrogens is 326 g/mol. The maximum absolute atomic E-state index is 12.4. The Morgan fingerprint density at radius 2 is 1.76 bits per heavy atom. The van der Waals surface area contributed by atoms with Crippen LogP contribution in [0.2, 0.25) is 0 Å². The molecule has 132 valence electrons. The third-order valence-electron chi connectivity index (χ3n) is 5.05. The van der Waals surface area contributed by atoms with Crippen molar-refractivity contribution in [1.29, 1.82) is 0 Å². The Morgan fingerprint density at radius 1 is 1.08 bits per heavy atom. The summed E-state index contributed by atoms with van der Waals surface area (Å²) in [4.78, 5) is 38.0. The Labute approximate surface area is 144 Å². The number of carbonyl (C=O) groups excluding carboxylic acids is 3. The first-order valence-corrected chi connectivity index (χ1v) is 8.59. The first kappa shape index (κ1) is 15.9. The summed E-state index contributed by atoms with van der Waals surface area (Å²) in [5.74, 6) is 0.347. The number of rotatable bonds is 4. The Morgan fingerprint density at radius 3 is 2.48 bits per heavy atom. The van der Waals surface area contributed by atoms with E-state index in [2.05, 4.69) is 0 Å². The van der Waals surface area contributed by atoms with Crippen molar-refractivity contribution >= 4 is 17.8 Å². The molecule has 1 aliphatic carbocycles. The van der Waals surface area contributed by atoms with Crippen LogP contribution in [0.1, 0.15) is 32.1 Å². The van der Waals surface area contributed by atoms with Gasteiger partial charge in [0.1, 0.15) is 5.75 Å². The van der Waals surface area contributed by atoms with Crippen LogP contribution in [-0.2, 0) is 14.4 Å². The minimum atomic E-state index is -0.491. The standard InChI is InChI=1S/C18H19NO6/c20-16(25-11-5-6-14-15(9-11)24-10-23-14)7-8-19-17(21)12-3-1-2-4-13(12)18(19)22/h5-6,9,12-13H,1-4,7-8,10H2/t12-,13-/m0/s1. The van der Waals surface area contributed by atoms with Crippen LogP contribution in [-0.4, -0.2) is 36.0 Å². The van der Waals surface area contributed by atoms with Crippen molar-refractivity contribution in [3.8, 4) is 17.2 Å². The van der Waals surface area contributed by atoms with E-state index >= 15 is 0 Å². The lowest BCUT2D eigenvalue weighted by molar-refractivity contribution is -0.141. The highest BCUT2D eigenvalue weighted by atomic mass is 16.7. The van der Waals surface area contributed by atoms with Gasteiger partial charge < -0.3 is 14.2 Å². The van der Waals surface area contributed by atoms with Gasteiger partial charge in [0.25, 0.3) is 0 Å². The van der Waals surface area contributed by atoms with Crippen LogP contribution in [0.25, 0.3) is 0 Å². The number of esters is 1. The zero-order valence-corrected chi connectivity index (χ0v) is 13.7. The van der Waals surface area contributed by atoms with Gasteiger partial charge in [0.2, 0.25) is 18.6 Å². The molecule has 0 spiro atoms. The van der Waals surface area contributed by atoms with E-state index in [4.69, 9.17) is 14.2 Å². The van der Waals surface area contributed by atoms with Crippen LogP contribution >= 0.6 is 0 Å². The SMILES string of the molecule is O=C(CCN1C(=O)[C@H]2CCCC[C@@H]2C1=O)Oc1ccc2c(c1)OCO2. The highest BCUT2D eigenvalue weighted by Gasteiger charge is 2.47. The number of ether oxygens (including phenoxy) is 3. The molecule has 3 aliphatic rings. The Kier molecular flexibility index (Phi) is 4.07. The van der Waals surface area contributed by atoms with Crippen LogP contribution in [0.5, 0.6) is 17.2 Å². The number of benzene rings is 1. The fraction of sp³-hybridized carbons (Fsp3) is 0.500. The van der Waals surface area contributed by atoms with Gasteiger partial charge in [-0.05, 0) is 25.0 Å². The van der Waals surface area contributed by atoms with Crippen LogP contribution < -0.4 is 14.2 Å². The molecule has 0 N–H and O–H groups in total. The molecule has 7 nitrogen and oxygen atoms in total. The smallest absolute Gasteiger partial charge is 0.313 e. The predicted molar refractivity (Wildman–Crippen MR) is 85.0 cm³/mol. The summed E-state index contributed by atoms with van der Waals surface area (Å²) in [6.07, 6.45) is 3.49. The molecule has 2 amide bonds. The van der Waals surface area contributed by atoms with Crippen molar-refractivity contribution < 1.29 is 28.6 Å². The molecule has 2 atom stereocenters. The third kappa shape index (κ3) is 2.94. The van der Waals surface area contributed by atoms with Gasteiger partial charge >= 0.3 is 5.97 Å². The summed E-state index contributed by atoms with van der Waals surface area (Å²) in [7, 11) is 0. The molecule has 4 rings (SSSR count). The van der Waals surface area contributed by atoms with Gasteiger partial charge in [0.05, 0.1) is 18.3 Å². The number of likely N-dealkylation sites (tertiary alicyclic amines) is 1. The van der Waals surface area contributed by atoms with Crippen LogP contribution in [0.3, 0.4) is 0 Å². The first-order chi connectivity index (χ1) is 12.1. The zero-order chi connectivity index (χ0) is 17.4. The van der Waals surface area contributed by atoms with E-state index in [1.807, 2.05) is 0 Å². The second kappa shape index (κ2) is 6.38. The molecule has 7 heteroatoms. The first-order valence-electron chi connectivity index (χ1n) is 8.59. The van der Waals surface area contributed by atoms with Crippen molar-refractivity contribution in [1.82, 2.24) is 4.90 Å². The molecule has 0 aromatic heterocycles. The molecule has 1 saturated carbocycles. The fourth-order valence-electron chi connectivity index (χ4n) is 3.78. The van der Waals surface area contributed by atoms with Gasteiger partial charge in [0, 0.05) is 12.6 Å². The van der Waals surface area contributed by atoms with Crippen molar-refractivity contribution in [2.75, 3.05) is 13.3 Å². The van der Waals surface area contributed by atoms with Gasteiger partial charge in [-0.1, -0.05) is 12.8 Å². The lowest BCUT2D eigenvalue weighted by atomic mass is 9.81. The molecule has 0 bridgehead atoms. The van der Waals surface area contributed by atoms with Crippen molar-refractivity contribution in [3.05, 3.63) is 18.2 Å². The molecule has 2 fully saturated rings. The Bertz CT molecular complexity index is 706. The molecule has 25 heavy (non-hydrogen) atoms. The summed E-state index contributed by atoms with van der Waals surface area (Å²) in [6, 6.07) is 4.87. The van der Waals surface area contributed by atoms with Gasteiger partial charge in [0.15, 0.2) is 11.5 Å². The minimum Gasteiger partial charge on any atom is -0.454 e. The van der Waals surface area contributed by atoms with Crippen molar-refractivity contribution in [3.63, 3.8) is 0 Å². The van der Waals surface area contributed by atoms with Gasteiger partial charge in [-0.25, -0.2) is 0 Å². The number of imide groups is 1. The van der Waals surface area contributed by atoms with E-state index in [-0.39, 0.29) is 43.4 Å². The quantitative estimate of drug-likeness (QED) is 0.471. The van der Waals surface area contributed by atoms with Crippen LogP contribution in [0, 0.1) is 11.8 Å². The van der Waals surface area contributed by atoms with E-state index in [1.54, 1.807) is 18.2 Å². The second-order valence-electron chi connectivity index (χ2n) is 6.56. The number of nitrogens with zero attached hydrogens (tertiary/aromatic N) is 1. The predicted octanol–water partition coefficient (Wildman–Crippen LogP) is 1.89. The number of amides is 2. The van der Waals surface area contributed by atoms with Gasteiger partial charge in [-0.2, -0.15) is 0 Å². The molecular formula is C18H19NO6. The normalized spacial score (nSPS) is 24.4. The van der Waals surface area contributed by atoms with E-state index in [0.29, 0.717) is 17.2 Å². The second-order valence-corrected chi connectivity index (χ2v) is 6.56. The molecule has 2 heterocycles. The lowest BCUT2D eigenvalue weighted by Crippen LogP contribution is -2.33. The fourth-order valence-corrected chi connectivity index (χ4v) is 3.78. The van der Waals surface area contributed by atoms with E-state index < -0.39 is 5.97 Å². The summed E-state index contributed by atoms with van der Waals surface area (Å²) in [5.41, 5.74) is 0. The zero-order valence-electron chi connectivity index (χ0n) is 13.7. The van der Waals surface area contributed by atoms with Crippen LogP contribution in [0.4, 0.5) is 0 Å². The molecule has 1 aromatic carbocycles. The highest BCUT2D eigenvalue weighted by molar-refractivity contribution is 6.05. The topological polar surface area (TPSA) is 82.1 Å². The van der Waals surface area contributed by atoms with Gasteiger partial charge in [-0.3, -0.25) is 19.3 Å². The van der Waals surface area contributed by atoms with Crippen molar-refractivity contribution in [2.24, 2.45) is 11.8 Å². The molecule has 0 unspecified atom stereocenters. The summed E-state index contributed by atoms with van der Waals surface area (Å²) >= 11 is 0. The molecule has 1 aromatic rings. The Hall–Kier alpha value is -2.57. The number of carbonyl (C=O) groups is 3. The largest absolute Gasteiger partial charge is 0.454 e. The van der Waals surface area contributed by atoms with E-state index in [0.717, 1.165) is 25.7 Å². The Balaban J connectivity index is 1.34. The summed E-state index contributed by atoms with van der Waals surface area (Å²) < 4.78 is 15.7. The van der Waals surface area contributed by atoms with E-state index in [1.165, 1.54) is 4.90 Å². The summed E-state index contributed by atoms with van der Waals surface area (Å²) in [5, 5.41) is 0. The highest BCUT2D eigenvalue weighted by Crippen LogP contribution is 2.38. The minimum absolute atomic E-state index is 0.0225. The van der Waals surface area contributed by atoms with Crippen molar-refractivity contribution in [2.45, 2.75) is 32.1 Å². The maximum Gasteiger partial charge on any atom is 0.313 e. The average molecular weight is 345 g/mol. The monoisotopic (exact) mass is 345 g/mol. The van der Waals surface area contributed by atoms with Gasteiger partial charge in [-0.15, -0.1) is 0 Å². The third-order valence-corrected chi connectivity index (χ3v) is 5.05.